The number of sulfonamides is 1. The van der Waals surface area contributed by atoms with Crippen LogP contribution in [0.25, 0.3) is 0 Å². The molecule has 0 amide bonds. The van der Waals surface area contributed by atoms with Crippen molar-refractivity contribution in [2.24, 2.45) is 0 Å². The van der Waals surface area contributed by atoms with Crippen molar-refractivity contribution in [3.63, 3.8) is 0 Å². The van der Waals surface area contributed by atoms with Crippen LogP contribution in [0.5, 0.6) is 0 Å². The zero-order valence-electron chi connectivity index (χ0n) is 9.05. The summed E-state index contributed by atoms with van der Waals surface area (Å²) in [6.45, 7) is 1.43. The highest BCUT2D eigenvalue weighted by atomic mass is 32.2. The van der Waals surface area contributed by atoms with Crippen LogP contribution in [0.1, 0.15) is 12.0 Å². The second-order valence-corrected chi connectivity index (χ2v) is 5.47. The van der Waals surface area contributed by atoms with Gasteiger partial charge in [0, 0.05) is 18.8 Å². The zero-order chi connectivity index (χ0) is 12.3. The Morgan fingerprint density at radius 1 is 1.59 bits per heavy atom. The molecular weight excluding hydrogens is 240 g/mol. The quantitative estimate of drug-likeness (QED) is 0.762. The first-order valence-corrected chi connectivity index (χ1v) is 6.69. The number of nitrogens with zero attached hydrogens (tertiary/aromatic N) is 2. The molecule has 2 N–H and O–H groups in total. The molecule has 2 rings (SSSR count). The molecule has 17 heavy (non-hydrogen) atoms. The van der Waals surface area contributed by atoms with E-state index in [9.17, 15) is 8.42 Å². The average Bonchev–Trinajstić information content (AvgIpc) is 2.81. The molecule has 0 aromatic carbocycles. The molecule has 1 aliphatic rings. The first kappa shape index (κ1) is 12.0. The lowest BCUT2D eigenvalue weighted by Crippen LogP contribution is -2.36. The summed E-state index contributed by atoms with van der Waals surface area (Å²) < 4.78 is 26.5. The summed E-state index contributed by atoms with van der Waals surface area (Å²) in [5, 5.41) is 11.7. The second kappa shape index (κ2) is 4.79. The molecule has 0 radical (unpaired) electrons. The van der Waals surface area contributed by atoms with E-state index in [0.29, 0.717) is 6.54 Å². The smallest absolute Gasteiger partial charge is 0.258 e. The number of pyridine rings is 1. The van der Waals surface area contributed by atoms with Crippen LogP contribution in [-0.2, 0) is 10.0 Å². The highest BCUT2D eigenvalue weighted by Crippen LogP contribution is 2.09. The number of nitrogens with one attached hydrogen (secondary N) is 2. The number of rotatable bonds is 3. The summed E-state index contributed by atoms with van der Waals surface area (Å²) in [5.74, 6) is 0. The number of hydrogen-bond acceptors (Lipinski definition) is 5. The van der Waals surface area contributed by atoms with Gasteiger partial charge in [-0.1, -0.05) is 0 Å². The van der Waals surface area contributed by atoms with E-state index in [4.69, 9.17) is 5.26 Å². The topological polar surface area (TPSA) is 94.9 Å². The predicted octanol–water partition coefficient (Wildman–Crippen LogP) is -0.407. The van der Waals surface area contributed by atoms with E-state index in [1.807, 2.05) is 6.07 Å². The van der Waals surface area contributed by atoms with Crippen molar-refractivity contribution >= 4 is 10.0 Å². The minimum Gasteiger partial charge on any atom is -0.315 e. The van der Waals surface area contributed by atoms with Crippen molar-refractivity contribution in [2.75, 3.05) is 13.1 Å². The van der Waals surface area contributed by atoms with Crippen molar-refractivity contribution in [3.05, 3.63) is 23.9 Å². The van der Waals surface area contributed by atoms with Gasteiger partial charge in [-0.05, 0) is 25.1 Å². The molecule has 1 aliphatic heterocycles. The largest absolute Gasteiger partial charge is 0.315 e. The van der Waals surface area contributed by atoms with Gasteiger partial charge in [-0.2, -0.15) is 5.26 Å². The lowest BCUT2D eigenvalue weighted by atomic mass is 10.3. The van der Waals surface area contributed by atoms with Crippen LogP contribution in [0.15, 0.2) is 23.4 Å². The Morgan fingerprint density at radius 3 is 3.06 bits per heavy atom. The van der Waals surface area contributed by atoms with Crippen LogP contribution < -0.4 is 10.0 Å². The summed E-state index contributed by atoms with van der Waals surface area (Å²) >= 11 is 0. The molecule has 1 atom stereocenters. The van der Waals surface area contributed by atoms with Crippen molar-refractivity contribution in [1.82, 2.24) is 15.0 Å². The van der Waals surface area contributed by atoms with Gasteiger partial charge in [0.05, 0.1) is 11.6 Å². The van der Waals surface area contributed by atoms with Crippen LogP contribution in [0, 0.1) is 11.3 Å². The highest BCUT2D eigenvalue weighted by molar-refractivity contribution is 7.89. The lowest BCUT2D eigenvalue weighted by molar-refractivity contribution is 0.556. The van der Waals surface area contributed by atoms with Gasteiger partial charge < -0.3 is 5.32 Å². The normalized spacial score (nSPS) is 20.1. The molecule has 7 heteroatoms. The number of aromatic nitrogens is 1. The first-order valence-electron chi connectivity index (χ1n) is 5.21. The van der Waals surface area contributed by atoms with Gasteiger partial charge in [0.2, 0.25) is 0 Å². The van der Waals surface area contributed by atoms with E-state index in [2.05, 4.69) is 15.0 Å². The van der Waals surface area contributed by atoms with Gasteiger partial charge in [-0.15, -0.1) is 0 Å². The van der Waals surface area contributed by atoms with Crippen LogP contribution in [-0.4, -0.2) is 32.5 Å². The van der Waals surface area contributed by atoms with Crippen LogP contribution in [0.2, 0.25) is 0 Å². The third-order valence-electron chi connectivity index (χ3n) is 2.52. The highest BCUT2D eigenvalue weighted by Gasteiger charge is 2.23. The third-order valence-corrected chi connectivity index (χ3v) is 3.94. The summed E-state index contributed by atoms with van der Waals surface area (Å²) in [4.78, 5) is 3.78. The number of hydrogen-bond donors (Lipinski definition) is 2. The fourth-order valence-corrected chi connectivity index (χ4v) is 2.90. The summed E-state index contributed by atoms with van der Waals surface area (Å²) in [7, 11) is -3.63. The molecule has 0 bridgehead atoms. The summed E-state index contributed by atoms with van der Waals surface area (Å²) in [5.41, 5.74) is 0.282. The Balaban J connectivity index is 2.22. The Bertz CT molecular complexity index is 544. The van der Waals surface area contributed by atoms with E-state index in [0.717, 1.165) is 13.0 Å². The Hall–Kier alpha value is -1.49. The van der Waals surface area contributed by atoms with Gasteiger partial charge in [0.15, 0.2) is 5.03 Å². The van der Waals surface area contributed by atoms with E-state index >= 15 is 0 Å². The first-order chi connectivity index (χ1) is 8.12. The van der Waals surface area contributed by atoms with E-state index < -0.39 is 10.0 Å². The Kier molecular flexibility index (Phi) is 3.38. The maximum atomic E-state index is 11.9. The van der Waals surface area contributed by atoms with Crippen LogP contribution >= 0.6 is 0 Å². The van der Waals surface area contributed by atoms with Gasteiger partial charge in [-0.25, -0.2) is 18.1 Å². The number of nitriles is 1. The van der Waals surface area contributed by atoms with Crippen molar-refractivity contribution in [3.8, 4) is 6.07 Å². The van der Waals surface area contributed by atoms with Crippen molar-refractivity contribution < 1.29 is 8.42 Å². The van der Waals surface area contributed by atoms with Crippen molar-refractivity contribution in [1.29, 1.82) is 5.26 Å². The second-order valence-electron chi connectivity index (χ2n) is 3.81. The summed E-state index contributed by atoms with van der Waals surface area (Å²) in [6, 6.07) is 4.52. The average molecular weight is 252 g/mol. The Morgan fingerprint density at radius 2 is 2.41 bits per heavy atom. The minimum atomic E-state index is -3.63. The maximum Gasteiger partial charge on any atom is 0.258 e. The monoisotopic (exact) mass is 252 g/mol. The fourth-order valence-electron chi connectivity index (χ4n) is 1.66. The standard InChI is InChI=1S/C10H12N4O2S/c11-6-8-1-4-13-10(5-8)17(15,16)14-9-2-3-12-7-9/h1,4-5,9,12,14H,2-3,7H2/t9-/m0/s1. The van der Waals surface area contributed by atoms with Crippen LogP contribution in [0.4, 0.5) is 0 Å². The van der Waals surface area contributed by atoms with Crippen LogP contribution in [0.3, 0.4) is 0 Å². The fraction of sp³-hybridized carbons (Fsp3) is 0.400. The molecule has 2 heterocycles. The van der Waals surface area contributed by atoms with E-state index in [1.165, 1.54) is 18.3 Å². The molecule has 90 valence electrons. The van der Waals surface area contributed by atoms with Crippen molar-refractivity contribution in [2.45, 2.75) is 17.5 Å². The van der Waals surface area contributed by atoms with Gasteiger partial charge >= 0.3 is 0 Å². The molecule has 0 spiro atoms. The third kappa shape index (κ3) is 2.79. The van der Waals surface area contributed by atoms with E-state index in [-0.39, 0.29) is 16.6 Å². The summed E-state index contributed by atoms with van der Waals surface area (Å²) in [6.07, 6.45) is 2.08. The Labute approximate surface area is 99.7 Å². The minimum absolute atomic E-state index is 0.104. The molecule has 0 unspecified atom stereocenters. The van der Waals surface area contributed by atoms with Gasteiger partial charge in [0.25, 0.3) is 10.0 Å². The van der Waals surface area contributed by atoms with Gasteiger partial charge in [-0.3, -0.25) is 0 Å². The SMILES string of the molecule is N#Cc1ccnc(S(=O)(=O)N[C@H]2CCNC2)c1. The molecule has 1 saturated heterocycles. The molecule has 1 fully saturated rings. The molecular formula is C10H12N4O2S. The molecule has 1 aromatic rings. The van der Waals surface area contributed by atoms with E-state index in [1.54, 1.807) is 0 Å². The molecule has 0 saturated carbocycles. The molecule has 6 nitrogen and oxygen atoms in total. The van der Waals surface area contributed by atoms with Gasteiger partial charge in [0.1, 0.15) is 0 Å². The maximum absolute atomic E-state index is 11.9. The lowest BCUT2D eigenvalue weighted by Gasteiger charge is -2.11. The molecule has 0 aliphatic carbocycles. The molecule has 1 aromatic heterocycles. The predicted molar refractivity (Wildman–Crippen MR) is 60.5 cm³/mol. The zero-order valence-corrected chi connectivity index (χ0v) is 9.87.